The van der Waals surface area contributed by atoms with Crippen LogP contribution in [0.25, 0.3) is 0 Å². The number of aliphatic carboxylic acids is 1. The molecule has 0 aliphatic rings. The number of carboxylic acid groups (broad SMARTS) is 1. The second kappa shape index (κ2) is 6.49. The van der Waals surface area contributed by atoms with Crippen LogP contribution in [-0.2, 0) is 15.3 Å². The van der Waals surface area contributed by atoms with Gasteiger partial charge in [0.2, 0.25) is 5.76 Å². The number of carbonyl (C=O) groups is 2. The SMILES string of the molecule is COC(=O)c1occc1CSC(C(=O)O)C(C)C. The van der Waals surface area contributed by atoms with Crippen LogP contribution in [0.5, 0.6) is 0 Å². The molecule has 0 saturated heterocycles. The highest BCUT2D eigenvalue weighted by Crippen LogP contribution is 2.26. The van der Waals surface area contributed by atoms with E-state index in [4.69, 9.17) is 9.52 Å². The number of carbonyl (C=O) groups excluding carboxylic acids is 1. The fraction of sp³-hybridized carbons (Fsp3) is 0.500. The van der Waals surface area contributed by atoms with Crippen LogP contribution in [0.3, 0.4) is 0 Å². The molecule has 5 nitrogen and oxygen atoms in total. The van der Waals surface area contributed by atoms with Crippen LogP contribution in [0.4, 0.5) is 0 Å². The minimum Gasteiger partial charge on any atom is -0.480 e. The van der Waals surface area contributed by atoms with Gasteiger partial charge in [-0.15, -0.1) is 11.8 Å². The van der Waals surface area contributed by atoms with Crippen molar-refractivity contribution in [2.45, 2.75) is 24.9 Å². The van der Waals surface area contributed by atoms with Gasteiger partial charge in [-0.25, -0.2) is 4.79 Å². The fourth-order valence-corrected chi connectivity index (χ4v) is 2.56. The molecule has 0 aliphatic heterocycles. The van der Waals surface area contributed by atoms with Crippen LogP contribution in [0, 0.1) is 5.92 Å². The Morgan fingerprint density at radius 1 is 1.50 bits per heavy atom. The minimum absolute atomic E-state index is 0.0148. The summed E-state index contributed by atoms with van der Waals surface area (Å²) in [5, 5.41) is 8.55. The van der Waals surface area contributed by atoms with Crippen LogP contribution in [0.2, 0.25) is 0 Å². The average Bonchev–Trinajstić information content (AvgIpc) is 2.75. The summed E-state index contributed by atoms with van der Waals surface area (Å²) in [5.74, 6) is -0.847. The Morgan fingerprint density at radius 2 is 2.17 bits per heavy atom. The van der Waals surface area contributed by atoms with E-state index in [-0.39, 0.29) is 11.7 Å². The van der Waals surface area contributed by atoms with Crippen LogP contribution in [0.15, 0.2) is 16.7 Å². The lowest BCUT2D eigenvalue weighted by Gasteiger charge is -2.15. The molecule has 1 aromatic rings. The molecule has 0 bridgehead atoms. The van der Waals surface area contributed by atoms with E-state index in [1.54, 1.807) is 6.07 Å². The quantitative estimate of drug-likeness (QED) is 0.801. The highest BCUT2D eigenvalue weighted by molar-refractivity contribution is 7.99. The van der Waals surface area contributed by atoms with E-state index in [0.717, 1.165) is 0 Å². The first kappa shape index (κ1) is 14.6. The summed E-state index contributed by atoms with van der Waals surface area (Å²) in [5.41, 5.74) is 0.652. The van der Waals surface area contributed by atoms with Gasteiger partial charge in [0.05, 0.1) is 13.4 Å². The smallest absolute Gasteiger partial charge is 0.374 e. The third-order valence-electron chi connectivity index (χ3n) is 2.38. The maximum absolute atomic E-state index is 11.4. The van der Waals surface area contributed by atoms with Crippen LogP contribution in [0.1, 0.15) is 30.0 Å². The highest BCUT2D eigenvalue weighted by atomic mass is 32.2. The second-order valence-corrected chi connectivity index (χ2v) is 5.21. The van der Waals surface area contributed by atoms with E-state index in [0.29, 0.717) is 11.3 Å². The number of ether oxygens (including phenoxy) is 1. The Balaban J connectivity index is 2.71. The number of hydrogen-bond acceptors (Lipinski definition) is 5. The van der Waals surface area contributed by atoms with Crippen molar-refractivity contribution in [3.05, 3.63) is 23.7 Å². The topological polar surface area (TPSA) is 76.7 Å². The Bertz CT molecular complexity index is 424. The van der Waals surface area contributed by atoms with E-state index >= 15 is 0 Å². The van der Waals surface area contributed by atoms with Gasteiger partial charge >= 0.3 is 11.9 Å². The zero-order chi connectivity index (χ0) is 13.7. The Morgan fingerprint density at radius 3 is 2.67 bits per heavy atom. The summed E-state index contributed by atoms with van der Waals surface area (Å²) in [6, 6.07) is 1.65. The lowest BCUT2D eigenvalue weighted by molar-refractivity contribution is -0.137. The lowest BCUT2D eigenvalue weighted by Crippen LogP contribution is -2.22. The Labute approximate surface area is 109 Å². The van der Waals surface area contributed by atoms with Gasteiger partial charge in [0.15, 0.2) is 0 Å². The van der Waals surface area contributed by atoms with Gasteiger partial charge in [-0.05, 0) is 12.0 Å². The molecule has 6 heteroatoms. The number of rotatable bonds is 6. The summed E-state index contributed by atoms with van der Waals surface area (Å²) in [6.45, 7) is 3.70. The van der Waals surface area contributed by atoms with E-state index in [1.165, 1.54) is 25.1 Å². The monoisotopic (exact) mass is 272 g/mol. The first-order valence-electron chi connectivity index (χ1n) is 5.46. The third kappa shape index (κ3) is 3.53. The van der Waals surface area contributed by atoms with E-state index in [9.17, 15) is 9.59 Å². The molecule has 1 N–H and O–H groups in total. The molecular formula is C12H16O5S. The maximum Gasteiger partial charge on any atom is 0.374 e. The lowest BCUT2D eigenvalue weighted by atomic mass is 10.1. The summed E-state index contributed by atoms with van der Waals surface area (Å²) in [6.07, 6.45) is 1.40. The molecule has 0 aliphatic carbocycles. The maximum atomic E-state index is 11.4. The molecule has 1 heterocycles. The predicted molar refractivity (Wildman–Crippen MR) is 67.6 cm³/mol. The Hall–Kier alpha value is -1.43. The van der Waals surface area contributed by atoms with Crippen molar-refractivity contribution < 1.29 is 23.8 Å². The number of methoxy groups -OCH3 is 1. The standard InChI is InChI=1S/C12H16O5S/c1-7(2)10(11(13)14)18-6-8-4-5-17-9(8)12(15)16-3/h4-5,7,10H,6H2,1-3H3,(H,13,14). The molecular weight excluding hydrogens is 256 g/mol. The van der Waals surface area contributed by atoms with Crippen molar-refractivity contribution in [1.29, 1.82) is 0 Å². The largest absolute Gasteiger partial charge is 0.480 e. The van der Waals surface area contributed by atoms with Crippen LogP contribution < -0.4 is 0 Å². The highest BCUT2D eigenvalue weighted by Gasteiger charge is 2.24. The molecule has 100 valence electrons. The molecule has 1 aromatic heterocycles. The van der Waals surface area contributed by atoms with Gasteiger partial charge in [0, 0.05) is 11.3 Å². The molecule has 0 saturated carbocycles. The predicted octanol–water partition coefficient (Wildman–Crippen LogP) is 2.41. The van der Waals surface area contributed by atoms with Crippen molar-refractivity contribution in [1.82, 2.24) is 0 Å². The van der Waals surface area contributed by atoms with Crippen molar-refractivity contribution >= 4 is 23.7 Å². The van der Waals surface area contributed by atoms with Gasteiger partial charge in [-0.1, -0.05) is 13.8 Å². The number of thioether (sulfide) groups is 1. The van der Waals surface area contributed by atoms with Crippen LogP contribution >= 0.6 is 11.8 Å². The van der Waals surface area contributed by atoms with Gasteiger partial charge in [0.25, 0.3) is 0 Å². The first-order valence-corrected chi connectivity index (χ1v) is 6.51. The number of esters is 1. The number of furan rings is 1. The molecule has 0 radical (unpaired) electrons. The zero-order valence-electron chi connectivity index (χ0n) is 10.5. The van der Waals surface area contributed by atoms with Crippen molar-refractivity contribution in [3.63, 3.8) is 0 Å². The van der Waals surface area contributed by atoms with Crippen molar-refractivity contribution in [2.24, 2.45) is 5.92 Å². The third-order valence-corrected chi connectivity index (χ3v) is 3.97. The molecule has 1 atom stereocenters. The minimum atomic E-state index is -0.849. The molecule has 0 aromatic carbocycles. The molecule has 1 rings (SSSR count). The summed E-state index contributed by atoms with van der Waals surface area (Å²) in [4.78, 5) is 22.4. The molecule has 18 heavy (non-hydrogen) atoms. The molecule has 0 spiro atoms. The van der Waals surface area contributed by atoms with Crippen molar-refractivity contribution in [3.8, 4) is 0 Å². The summed E-state index contributed by atoms with van der Waals surface area (Å²) >= 11 is 1.27. The molecule has 1 unspecified atom stereocenters. The van der Waals surface area contributed by atoms with E-state index < -0.39 is 17.2 Å². The van der Waals surface area contributed by atoms with Crippen molar-refractivity contribution in [2.75, 3.05) is 7.11 Å². The normalized spacial score (nSPS) is 12.4. The summed E-state index contributed by atoms with van der Waals surface area (Å²) < 4.78 is 9.61. The number of carboxylic acids is 1. The summed E-state index contributed by atoms with van der Waals surface area (Å²) in [7, 11) is 1.27. The fourth-order valence-electron chi connectivity index (χ4n) is 1.45. The zero-order valence-corrected chi connectivity index (χ0v) is 11.3. The van der Waals surface area contributed by atoms with Crippen LogP contribution in [-0.4, -0.2) is 29.4 Å². The molecule has 0 amide bonds. The molecule has 0 fully saturated rings. The van der Waals surface area contributed by atoms with E-state index in [1.807, 2.05) is 13.8 Å². The number of hydrogen-bond donors (Lipinski definition) is 1. The van der Waals surface area contributed by atoms with Gasteiger partial charge < -0.3 is 14.3 Å². The second-order valence-electron chi connectivity index (χ2n) is 4.08. The van der Waals surface area contributed by atoms with E-state index in [2.05, 4.69) is 4.74 Å². The van der Waals surface area contributed by atoms with Gasteiger partial charge in [0.1, 0.15) is 5.25 Å². The first-order chi connectivity index (χ1) is 8.47. The van der Waals surface area contributed by atoms with Gasteiger partial charge in [-0.3, -0.25) is 4.79 Å². The average molecular weight is 272 g/mol. The van der Waals surface area contributed by atoms with Gasteiger partial charge in [-0.2, -0.15) is 0 Å². The Kier molecular flexibility index (Phi) is 5.27.